The summed E-state index contributed by atoms with van der Waals surface area (Å²) in [5, 5.41) is 15.2. The second-order valence-corrected chi connectivity index (χ2v) is 4.98. The van der Waals surface area contributed by atoms with Crippen LogP contribution in [-0.2, 0) is 6.54 Å². The summed E-state index contributed by atoms with van der Waals surface area (Å²) in [6.07, 6.45) is 0. The summed E-state index contributed by atoms with van der Waals surface area (Å²) in [4.78, 5) is 10.1. The van der Waals surface area contributed by atoms with Gasteiger partial charge in [-0.25, -0.2) is 4.39 Å². The van der Waals surface area contributed by atoms with Gasteiger partial charge in [-0.1, -0.05) is 11.3 Å². The number of nitrogens with one attached hydrogen (secondary N) is 1. The van der Waals surface area contributed by atoms with Crippen LogP contribution in [0.1, 0.15) is 5.56 Å². The van der Waals surface area contributed by atoms with Crippen LogP contribution in [0.15, 0.2) is 23.6 Å². The van der Waals surface area contributed by atoms with Gasteiger partial charge in [-0.15, -0.1) is 0 Å². The van der Waals surface area contributed by atoms with E-state index in [4.69, 9.17) is 9.47 Å². The Morgan fingerprint density at radius 2 is 1.95 bits per heavy atom. The Hall–Kier alpha value is -2.35. The predicted octanol–water partition coefficient (Wildman–Crippen LogP) is 3.42. The molecule has 1 aromatic carbocycles. The highest BCUT2D eigenvalue weighted by atomic mass is 32.1. The molecule has 2 aromatic rings. The monoisotopic (exact) mass is 312 g/mol. The Bertz CT molecular complexity index is 660. The molecule has 0 radical (unpaired) electrons. The fourth-order valence-electron chi connectivity index (χ4n) is 1.74. The van der Waals surface area contributed by atoms with Gasteiger partial charge in [0.1, 0.15) is 5.82 Å². The minimum absolute atomic E-state index is 0.0552. The molecule has 0 saturated heterocycles. The minimum Gasteiger partial charge on any atom is -0.493 e. The molecule has 0 fully saturated rings. The van der Waals surface area contributed by atoms with Crippen LogP contribution in [0.3, 0.4) is 0 Å². The van der Waals surface area contributed by atoms with Crippen molar-refractivity contribution in [1.82, 2.24) is 0 Å². The number of nitrogens with zero attached hydrogens (tertiary/aromatic N) is 1. The molecule has 0 aliphatic heterocycles. The van der Waals surface area contributed by atoms with E-state index < -0.39 is 10.7 Å². The molecule has 0 aliphatic carbocycles. The molecule has 0 spiro atoms. The van der Waals surface area contributed by atoms with Gasteiger partial charge >= 0.3 is 5.00 Å². The highest BCUT2D eigenvalue weighted by Crippen LogP contribution is 2.33. The Kier molecular flexibility index (Phi) is 4.59. The first-order valence-corrected chi connectivity index (χ1v) is 6.80. The SMILES string of the molecule is COc1cc(F)c(NCc2csc([N+](=O)[O-])c2)cc1OC. The zero-order valence-electron chi connectivity index (χ0n) is 11.4. The molecule has 8 heteroatoms. The molecule has 6 nitrogen and oxygen atoms in total. The van der Waals surface area contributed by atoms with Crippen LogP contribution >= 0.6 is 11.3 Å². The fourth-order valence-corrected chi connectivity index (χ4v) is 2.47. The van der Waals surface area contributed by atoms with E-state index in [1.165, 1.54) is 32.4 Å². The molecule has 2 rings (SSSR count). The van der Waals surface area contributed by atoms with E-state index in [1.807, 2.05) is 0 Å². The molecule has 0 bridgehead atoms. The summed E-state index contributed by atoms with van der Waals surface area (Å²) in [7, 11) is 2.89. The van der Waals surface area contributed by atoms with Gasteiger partial charge in [0.25, 0.3) is 0 Å². The number of rotatable bonds is 6. The summed E-state index contributed by atoms with van der Waals surface area (Å²) in [6.45, 7) is 0.275. The predicted molar refractivity (Wildman–Crippen MR) is 77.8 cm³/mol. The first kappa shape index (κ1) is 15.0. The maximum Gasteiger partial charge on any atom is 0.324 e. The quantitative estimate of drug-likeness (QED) is 0.653. The molecule has 0 amide bonds. The lowest BCUT2D eigenvalue weighted by molar-refractivity contribution is -0.380. The minimum atomic E-state index is -0.489. The van der Waals surface area contributed by atoms with Crippen molar-refractivity contribution >= 4 is 22.0 Å². The van der Waals surface area contributed by atoms with Crippen molar-refractivity contribution in [3.63, 3.8) is 0 Å². The number of nitro groups is 1. The van der Waals surface area contributed by atoms with Crippen molar-refractivity contribution in [2.45, 2.75) is 6.54 Å². The standard InChI is InChI=1S/C13H13FN2O4S/c1-19-11-4-9(14)10(5-12(11)20-2)15-6-8-3-13(16(17)18)21-7-8/h3-5,7,15H,6H2,1-2H3. The molecule has 0 unspecified atom stereocenters. The Balaban J connectivity index is 2.13. The van der Waals surface area contributed by atoms with Crippen molar-refractivity contribution in [3.8, 4) is 11.5 Å². The van der Waals surface area contributed by atoms with Crippen molar-refractivity contribution in [2.24, 2.45) is 0 Å². The number of ether oxygens (including phenoxy) is 2. The summed E-state index contributed by atoms with van der Waals surface area (Å²) >= 11 is 1.03. The molecule has 1 heterocycles. The molecule has 1 aromatic heterocycles. The molecule has 0 atom stereocenters. The Morgan fingerprint density at radius 1 is 1.29 bits per heavy atom. The molecule has 1 N–H and O–H groups in total. The lowest BCUT2D eigenvalue weighted by Gasteiger charge is -2.12. The van der Waals surface area contributed by atoms with Crippen LogP contribution < -0.4 is 14.8 Å². The second-order valence-electron chi connectivity index (χ2n) is 4.09. The number of thiophene rings is 1. The van der Waals surface area contributed by atoms with Crippen LogP contribution in [-0.4, -0.2) is 19.1 Å². The highest BCUT2D eigenvalue weighted by Gasteiger charge is 2.13. The lowest BCUT2D eigenvalue weighted by atomic mass is 10.2. The topological polar surface area (TPSA) is 73.6 Å². The average molecular weight is 312 g/mol. The molecule has 112 valence electrons. The van der Waals surface area contributed by atoms with E-state index >= 15 is 0 Å². The smallest absolute Gasteiger partial charge is 0.324 e. The van der Waals surface area contributed by atoms with Gasteiger partial charge in [-0.05, 0) is 5.56 Å². The Labute approximate surface area is 124 Å². The van der Waals surface area contributed by atoms with E-state index in [0.717, 1.165) is 11.3 Å². The number of anilines is 1. The molecule has 0 aliphatic rings. The summed E-state index contributed by atoms with van der Waals surface area (Å²) < 4.78 is 24.0. The van der Waals surface area contributed by atoms with Gasteiger partial charge in [-0.2, -0.15) is 0 Å². The largest absolute Gasteiger partial charge is 0.493 e. The summed E-state index contributed by atoms with van der Waals surface area (Å²) in [5.74, 6) is 0.210. The van der Waals surface area contributed by atoms with E-state index in [0.29, 0.717) is 17.1 Å². The number of benzene rings is 1. The number of hydrogen-bond acceptors (Lipinski definition) is 6. The third kappa shape index (κ3) is 3.40. The maximum atomic E-state index is 13.9. The van der Waals surface area contributed by atoms with Crippen LogP contribution in [0.4, 0.5) is 15.1 Å². The molecular weight excluding hydrogens is 299 g/mol. The van der Waals surface area contributed by atoms with Crippen molar-refractivity contribution in [2.75, 3.05) is 19.5 Å². The van der Waals surface area contributed by atoms with Gasteiger partial charge in [0.05, 0.1) is 24.8 Å². The van der Waals surface area contributed by atoms with Crippen molar-refractivity contribution in [3.05, 3.63) is 45.1 Å². The third-order valence-corrected chi connectivity index (χ3v) is 3.71. The van der Waals surface area contributed by atoms with Crippen LogP contribution in [0.25, 0.3) is 0 Å². The molecule has 21 heavy (non-hydrogen) atoms. The van der Waals surface area contributed by atoms with E-state index in [9.17, 15) is 14.5 Å². The zero-order valence-corrected chi connectivity index (χ0v) is 12.2. The van der Waals surface area contributed by atoms with Gasteiger partial charge in [-0.3, -0.25) is 10.1 Å². The summed E-state index contributed by atoms with van der Waals surface area (Å²) in [6, 6.07) is 4.16. The zero-order chi connectivity index (χ0) is 15.4. The van der Waals surface area contributed by atoms with Gasteiger partial charge < -0.3 is 14.8 Å². The normalized spacial score (nSPS) is 10.2. The first-order valence-electron chi connectivity index (χ1n) is 5.92. The van der Waals surface area contributed by atoms with E-state index in [2.05, 4.69) is 5.32 Å². The molecule has 0 saturated carbocycles. The van der Waals surface area contributed by atoms with Crippen molar-refractivity contribution < 1.29 is 18.8 Å². The lowest BCUT2D eigenvalue weighted by Crippen LogP contribution is -2.02. The van der Waals surface area contributed by atoms with Crippen molar-refractivity contribution in [1.29, 1.82) is 0 Å². The molecular formula is C13H13FN2O4S. The Morgan fingerprint density at radius 3 is 2.52 bits per heavy atom. The van der Waals surface area contributed by atoms with E-state index in [1.54, 1.807) is 5.38 Å². The van der Waals surface area contributed by atoms with Crippen LogP contribution in [0.2, 0.25) is 0 Å². The maximum absolute atomic E-state index is 13.9. The van der Waals surface area contributed by atoms with Gasteiger partial charge in [0.15, 0.2) is 11.5 Å². The highest BCUT2D eigenvalue weighted by molar-refractivity contribution is 7.13. The average Bonchev–Trinajstić information content (AvgIpc) is 2.94. The van der Waals surface area contributed by atoms with Gasteiger partial charge in [0, 0.05) is 30.1 Å². The first-order chi connectivity index (χ1) is 10.0. The fraction of sp³-hybridized carbons (Fsp3) is 0.231. The number of methoxy groups -OCH3 is 2. The number of halogens is 1. The van der Waals surface area contributed by atoms with Crippen LogP contribution in [0.5, 0.6) is 11.5 Å². The van der Waals surface area contributed by atoms with E-state index in [-0.39, 0.29) is 17.2 Å². The summed E-state index contributed by atoms with van der Waals surface area (Å²) in [5.41, 5.74) is 0.947. The van der Waals surface area contributed by atoms with Gasteiger partial charge in [0.2, 0.25) is 0 Å². The number of hydrogen-bond donors (Lipinski definition) is 1. The third-order valence-electron chi connectivity index (χ3n) is 2.78. The second kappa shape index (κ2) is 6.40. The van der Waals surface area contributed by atoms with Crippen LogP contribution in [0, 0.1) is 15.9 Å².